The van der Waals surface area contributed by atoms with Crippen LogP contribution >= 0.6 is 0 Å². The first-order valence-electron chi connectivity index (χ1n) is 7.75. The minimum Gasteiger partial charge on any atom is -0.481 e. The zero-order valence-corrected chi connectivity index (χ0v) is 14.4. The summed E-state index contributed by atoms with van der Waals surface area (Å²) in [4.78, 5) is 25.3. The number of carbonyl (C=O) groups excluding carboxylic acids is 2. The van der Waals surface area contributed by atoms with Crippen molar-refractivity contribution in [1.82, 2.24) is 4.90 Å². The summed E-state index contributed by atoms with van der Waals surface area (Å²) in [6.07, 6.45) is -0.720. The Labute approximate surface area is 146 Å². The first-order valence-corrected chi connectivity index (χ1v) is 7.75. The van der Waals surface area contributed by atoms with E-state index in [0.29, 0.717) is 16.9 Å². The number of ether oxygens (including phenoxy) is 2. The van der Waals surface area contributed by atoms with Gasteiger partial charge in [0.05, 0.1) is 12.7 Å². The maximum atomic E-state index is 13.2. The van der Waals surface area contributed by atoms with Gasteiger partial charge in [-0.2, -0.15) is 0 Å². The highest BCUT2D eigenvalue weighted by molar-refractivity contribution is 5.89. The predicted octanol–water partition coefficient (Wildman–Crippen LogP) is 3.04. The zero-order chi connectivity index (χ0) is 18.4. The van der Waals surface area contributed by atoms with Crippen LogP contribution in [-0.4, -0.2) is 37.0 Å². The second-order valence-electron chi connectivity index (χ2n) is 5.60. The van der Waals surface area contributed by atoms with E-state index in [1.54, 1.807) is 50.4 Å². The lowest BCUT2D eigenvalue weighted by Crippen LogP contribution is -2.37. The van der Waals surface area contributed by atoms with E-state index in [1.807, 2.05) is 0 Å². The Kier molecular flexibility index (Phi) is 6.11. The molecule has 0 aliphatic rings. The molecular weight excluding hydrogens is 325 g/mol. The lowest BCUT2D eigenvalue weighted by atomic mass is 10.2. The van der Waals surface area contributed by atoms with E-state index < -0.39 is 12.1 Å². The fourth-order valence-electron chi connectivity index (χ4n) is 2.34. The second-order valence-corrected chi connectivity index (χ2v) is 5.60. The Hall–Kier alpha value is -2.89. The van der Waals surface area contributed by atoms with Crippen LogP contribution in [0.2, 0.25) is 0 Å². The van der Waals surface area contributed by atoms with Crippen LogP contribution in [-0.2, 0) is 16.1 Å². The van der Waals surface area contributed by atoms with Gasteiger partial charge in [-0.25, -0.2) is 9.18 Å². The van der Waals surface area contributed by atoms with Gasteiger partial charge in [0.1, 0.15) is 11.6 Å². The molecule has 0 saturated carbocycles. The molecule has 2 rings (SSSR count). The van der Waals surface area contributed by atoms with Crippen LogP contribution in [0.5, 0.6) is 5.75 Å². The molecule has 0 radical (unpaired) electrons. The van der Waals surface area contributed by atoms with Gasteiger partial charge in [0, 0.05) is 13.6 Å². The van der Waals surface area contributed by atoms with Crippen LogP contribution in [0.3, 0.4) is 0 Å². The number of methoxy groups -OCH3 is 1. The second kappa shape index (κ2) is 8.28. The molecule has 0 spiro atoms. The summed E-state index contributed by atoms with van der Waals surface area (Å²) in [5.41, 5.74) is 1.10. The van der Waals surface area contributed by atoms with E-state index in [0.717, 1.165) is 0 Å². The number of hydrogen-bond donors (Lipinski definition) is 0. The highest BCUT2D eigenvalue weighted by Crippen LogP contribution is 2.16. The number of hydrogen-bond acceptors (Lipinski definition) is 4. The topological polar surface area (TPSA) is 55.8 Å². The molecule has 1 amide bonds. The number of esters is 1. The number of nitrogens with zero attached hydrogens (tertiary/aromatic N) is 1. The van der Waals surface area contributed by atoms with Crippen molar-refractivity contribution in [1.29, 1.82) is 0 Å². The Morgan fingerprint density at radius 2 is 1.84 bits per heavy atom. The molecule has 0 aliphatic carbocycles. The van der Waals surface area contributed by atoms with Gasteiger partial charge < -0.3 is 14.4 Å². The van der Waals surface area contributed by atoms with Crippen molar-refractivity contribution in [2.45, 2.75) is 19.6 Å². The summed E-state index contributed by atoms with van der Waals surface area (Å²) >= 11 is 0. The van der Waals surface area contributed by atoms with E-state index in [-0.39, 0.29) is 18.3 Å². The van der Waals surface area contributed by atoms with Crippen molar-refractivity contribution in [2.75, 3.05) is 14.2 Å². The van der Waals surface area contributed by atoms with Gasteiger partial charge in [0.25, 0.3) is 5.91 Å². The minimum absolute atomic E-state index is 0.235. The van der Waals surface area contributed by atoms with Crippen molar-refractivity contribution >= 4 is 11.9 Å². The summed E-state index contributed by atoms with van der Waals surface area (Å²) < 4.78 is 23.5. The molecule has 0 N–H and O–H groups in total. The van der Waals surface area contributed by atoms with Crippen LogP contribution in [0.15, 0.2) is 48.5 Å². The number of likely N-dealkylation sites (N-methyl/N-ethyl adjacent to an activating group) is 1. The van der Waals surface area contributed by atoms with Crippen LogP contribution in [0.1, 0.15) is 22.8 Å². The van der Waals surface area contributed by atoms with Crippen molar-refractivity contribution < 1.29 is 23.5 Å². The van der Waals surface area contributed by atoms with Crippen LogP contribution in [0.25, 0.3) is 0 Å². The summed E-state index contributed by atoms with van der Waals surface area (Å²) in [5, 5.41) is 0. The number of amides is 1. The SMILES string of the molecule is COC(=O)c1ccc(O[C@H](C)C(=O)N(C)Cc2cccc(F)c2)cc1. The molecule has 0 bridgehead atoms. The van der Waals surface area contributed by atoms with Gasteiger partial charge in [-0.15, -0.1) is 0 Å². The Morgan fingerprint density at radius 3 is 2.44 bits per heavy atom. The van der Waals surface area contributed by atoms with Gasteiger partial charge in [0.15, 0.2) is 6.10 Å². The fraction of sp³-hybridized carbons (Fsp3) is 0.263. The molecule has 1 atom stereocenters. The highest BCUT2D eigenvalue weighted by atomic mass is 19.1. The highest BCUT2D eigenvalue weighted by Gasteiger charge is 2.19. The van der Waals surface area contributed by atoms with E-state index in [9.17, 15) is 14.0 Å². The summed E-state index contributed by atoms with van der Waals surface area (Å²) in [5.74, 6) is -0.548. The quantitative estimate of drug-likeness (QED) is 0.755. The Bertz CT molecular complexity index is 745. The number of carbonyl (C=O) groups is 2. The van der Waals surface area contributed by atoms with Crippen molar-refractivity contribution in [3.05, 3.63) is 65.5 Å². The third-order valence-corrected chi connectivity index (χ3v) is 3.62. The van der Waals surface area contributed by atoms with E-state index in [1.165, 1.54) is 24.1 Å². The third kappa shape index (κ3) is 5.04. The number of halogens is 1. The molecule has 0 aromatic heterocycles. The Morgan fingerprint density at radius 1 is 1.16 bits per heavy atom. The van der Waals surface area contributed by atoms with Gasteiger partial charge in [-0.3, -0.25) is 4.79 Å². The average molecular weight is 345 g/mol. The van der Waals surface area contributed by atoms with Crippen molar-refractivity contribution in [2.24, 2.45) is 0 Å². The lowest BCUT2D eigenvalue weighted by molar-refractivity contribution is -0.137. The molecule has 0 heterocycles. The zero-order valence-electron chi connectivity index (χ0n) is 14.4. The van der Waals surface area contributed by atoms with E-state index in [4.69, 9.17) is 4.74 Å². The van der Waals surface area contributed by atoms with E-state index >= 15 is 0 Å². The molecule has 132 valence electrons. The molecule has 0 unspecified atom stereocenters. The Balaban J connectivity index is 1.96. The van der Waals surface area contributed by atoms with Crippen LogP contribution < -0.4 is 4.74 Å². The molecule has 25 heavy (non-hydrogen) atoms. The van der Waals surface area contributed by atoms with Gasteiger partial charge in [-0.1, -0.05) is 12.1 Å². The molecular formula is C19H20FNO4. The monoisotopic (exact) mass is 345 g/mol. The normalized spacial score (nSPS) is 11.5. The minimum atomic E-state index is -0.720. The van der Waals surface area contributed by atoms with Crippen LogP contribution in [0.4, 0.5) is 4.39 Å². The third-order valence-electron chi connectivity index (χ3n) is 3.62. The van der Waals surface area contributed by atoms with Gasteiger partial charge in [0.2, 0.25) is 0 Å². The standard InChI is InChI=1S/C19H20FNO4/c1-13(25-17-9-7-15(8-10-17)19(23)24-3)18(22)21(2)12-14-5-4-6-16(20)11-14/h4-11,13H,12H2,1-3H3/t13-/m1/s1. The van der Waals surface area contributed by atoms with Crippen molar-refractivity contribution in [3.8, 4) is 5.75 Å². The first-order chi connectivity index (χ1) is 11.9. The van der Waals surface area contributed by atoms with Gasteiger partial charge in [-0.05, 0) is 48.9 Å². The summed E-state index contributed by atoms with van der Waals surface area (Å²) in [6.45, 7) is 1.92. The number of rotatable bonds is 6. The fourth-order valence-corrected chi connectivity index (χ4v) is 2.34. The largest absolute Gasteiger partial charge is 0.481 e. The maximum Gasteiger partial charge on any atom is 0.337 e. The summed E-state index contributed by atoms with van der Waals surface area (Å²) in [7, 11) is 2.94. The molecule has 0 fully saturated rings. The molecule has 2 aromatic carbocycles. The van der Waals surface area contributed by atoms with Crippen LogP contribution in [0, 0.1) is 5.82 Å². The van der Waals surface area contributed by atoms with E-state index in [2.05, 4.69) is 4.74 Å². The maximum absolute atomic E-state index is 13.2. The van der Waals surface area contributed by atoms with Crippen molar-refractivity contribution in [3.63, 3.8) is 0 Å². The summed E-state index contributed by atoms with van der Waals surface area (Å²) in [6, 6.07) is 12.4. The van der Waals surface area contributed by atoms with Gasteiger partial charge >= 0.3 is 5.97 Å². The molecule has 2 aromatic rings. The number of benzene rings is 2. The lowest BCUT2D eigenvalue weighted by Gasteiger charge is -2.22. The first kappa shape index (κ1) is 18.4. The average Bonchev–Trinajstić information content (AvgIpc) is 2.61. The molecule has 0 saturated heterocycles. The molecule has 6 heteroatoms. The smallest absolute Gasteiger partial charge is 0.337 e. The molecule has 0 aliphatic heterocycles. The molecule has 5 nitrogen and oxygen atoms in total. The predicted molar refractivity (Wildman–Crippen MR) is 90.7 cm³/mol.